The zero-order chi connectivity index (χ0) is 4.50. The summed E-state index contributed by atoms with van der Waals surface area (Å²) in [6.07, 6.45) is 0. The van der Waals surface area contributed by atoms with E-state index in [1.54, 1.807) is 0 Å². The number of rotatable bonds is 0. The first kappa shape index (κ1) is 39.0. The minimum Gasteiger partial charge on any atom is -1.00 e. The van der Waals surface area contributed by atoms with Crippen molar-refractivity contribution >= 4 is 74.3 Å². The molecule has 0 aromatic heterocycles. The molecule has 10 heavy (non-hydrogen) atoms. The molecular formula is H14AlBeCaLiO5Si. The van der Waals surface area contributed by atoms with Crippen LogP contribution in [0, 0.1) is 0 Å². The smallest absolute Gasteiger partial charge is 1.00 e. The summed E-state index contributed by atoms with van der Waals surface area (Å²) in [6, 6.07) is 0. The van der Waals surface area contributed by atoms with Gasteiger partial charge in [0.1, 0.15) is 0 Å². The van der Waals surface area contributed by atoms with Crippen molar-refractivity contribution < 1.29 is 50.7 Å². The van der Waals surface area contributed by atoms with Crippen LogP contribution in [-0.2, 0) is 0 Å². The fraction of sp³-hybridized carbons (Fsp3) is 0. The van der Waals surface area contributed by atoms with E-state index < -0.39 is 9.05 Å². The molecular weight excluding hydrogens is 191 g/mol. The Labute approximate surface area is 124 Å². The molecule has 6 N–H and O–H groups in total. The molecule has 56 valence electrons. The molecule has 0 aromatic rings. The molecule has 0 aliphatic rings. The van der Waals surface area contributed by atoms with Gasteiger partial charge in [-0.3, -0.25) is 0 Å². The Morgan fingerprint density at radius 3 is 1.00 bits per heavy atom. The first-order valence-electron chi connectivity index (χ1n) is 0.894. The van der Waals surface area contributed by atoms with Crippen molar-refractivity contribution in [1.29, 1.82) is 0 Å². The van der Waals surface area contributed by atoms with Crippen LogP contribution in [0.1, 0.15) is 7.13 Å². The molecule has 5 nitrogen and oxygen atoms in total. The molecule has 0 aliphatic carbocycles. The van der Waals surface area contributed by atoms with Gasteiger partial charge in [0.15, 0.2) is 17.4 Å². The monoisotopic (exact) mass is 205 g/mol. The van der Waals surface area contributed by atoms with Gasteiger partial charge in [0.05, 0.1) is 0 Å². The summed E-state index contributed by atoms with van der Waals surface area (Å²) in [7, 11) is -4.61. The van der Waals surface area contributed by atoms with Crippen molar-refractivity contribution in [1.82, 2.24) is 0 Å². The van der Waals surface area contributed by atoms with E-state index in [0.29, 0.717) is 0 Å². The summed E-state index contributed by atoms with van der Waals surface area (Å²) in [5.74, 6) is 0. The molecule has 0 spiro atoms. The third-order valence-corrected chi connectivity index (χ3v) is 0. The second-order valence-electron chi connectivity index (χ2n) is 0.600. The van der Waals surface area contributed by atoms with Crippen LogP contribution in [0.15, 0.2) is 0 Å². The van der Waals surface area contributed by atoms with Crippen molar-refractivity contribution in [3.63, 3.8) is 0 Å². The first-order valence-corrected chi connectivity index (χ1v) is 2.68. The van der Waals surface area contributed by atoms with Gasteiger partial charge >= 0.3 is 75.8 Å². The molecule has 0 heterocycles. The fourth-order valence-corrected chi connectivity index (χ4v) is 0. The quantitative estimate of drug-likeness (QED) is 0.294. The standard InChI is InChI=1S/Al.Be.Ca.Li.H4O4Si.H2O.8H/c;;;;1-5(2,3)4;;;;;;;;;/h;;;;1-4H;1H2;;;;;;;;/q;2*+2;+1;;;;;;5*-1. The maximum atomic E-state index is 7.33. The summed E-state index contributed by atoms with van der Waals surface area (Å²) < 4.78 is 0. The van der Waals surface area contributed by atoms with E-state index in [-0.39, 0.29) is 96.7 Å². The Hall–Kier alpha value is 2.58. The fourth-order valence-electron chi connectivity index (χ4n) is 0. The molecule has 10 heteroatoms. The van der Waals surface area contributed by atoms with Gasteiger partial charge in [0.2, 0.25) is 0 Å². The van der Waals surface area contributed by atoms with Gasteiger partial charge in [-0.05, 0) is 0 Å². The van der Waals surface area contributed by atoms with Crippen molar-refractivity contribution in [3.05, 3.63) is 0 Å². The van der Waals surface area contributed by atoms with Crippen LogP contribution in [0.25, 0.3) is 0 Å². The Kier molecular flexibility index (Phi) is 68.6. The summed E-state index contributed by atoms with van der Waals surface area (Å²) >= 11 is 0. The van der Waals surface area contributed by atoms with Crippen LogP contribution in [0.2, 0.25) is 0 Å². The molecule has 0 saturated carbocycles. The van der Waals surface area contributed by atoms with Crippen LogP contribution in [0.4, 0.5) is 0 Å². The Balaban J connectivity index is -0.00000000178. The second kappa shape index (κ2) is 17.6. The number of hydrogen-bond acceptors (Lipinski definition) is 4. The third kappa shape index (κ3) is 146. The summed E-state index contributed by atoms with van der Waals surface area (Å²) in [5, 5.41) is 0. The molecule has 0 unspecified atom stereocenters. The van der Waals surface area contributed by atoms with Crippen molar-refractivity contribution in [2.24, 2.45) is 0 Å². The summed E-state index contributed by atoms with van der Waals surface area (Å²) in [5.41, 5.74) is 0. The van der Waals surface area contributed by atoms with Gasteiger partial charge < -0.3 is 31.8 Å². The largest absolute Gasteiger partial charge is 2.00 e. The van der Waals surface area contributed by atoms with Crippen LogP contribution >= 0.6 is 0 Å². The average molecular weight is 205 g/mol. The third-order valence-electron chi connectivity index (χ3n) is 0. The van der Waals surface area contributed by atoms with Crippen LogP contribution < -0.4 is 18.9 Å². The van der Waals surface area contributed by atoms with E-state index in [1.165, 1.54) is 0 Å². The zero-order valence-electron chi connectivity index (χ0n) is 10.2. The normalized spacial score (nSPS) is 6.00. The topological polar surface area (TPSA) is 112 Å². The van der Waals surface area contributed by atoms with Crippen molar-refractivity contribution in [2.75, 3.05) is 0 Å². The van der Waals surface area contributed by atoms with Crippen LogP contribution in [0.5, 0.6) is 0 Å². The van der Waals surface area contributed by atoms with Gasteiger partial charge in [-0.15, -0.1) is 0 Å². The molecule has 0 amide bonds. The molecule has 0 fully saturated rings. The predicted molar refractivity (Wildman–Crippen MR) is 45.3 cm³/mol. The second-order valence-corrected chi connectivity index (χ2v) is 1.80. The summed E-state index contributed by atoms with van der Waals surface area (Å²) in [6.45, 7) is 0. The van der Waals surface area contributed by atoms with E-state index in [2.05, 4.69) is 0 Å². The van der Waals surface area contributed by atoms with Crippen LogP contribution in [0.3, 0.4) is 0 Å². The van der Waals surface area contributed by atoms with Gasteiger partial charge in [0, 0.05) is 0 Å². The van der Waals surface area contributed by atoms with E-state index >= 15 is 0 Å². The molecule has 0 atom stereocenters. The van der Waals surface area contributed by atoms with Gasteiger partial charge in [-0.2, -0.15) is 0 Å². The Morgan fingerprint density at radius 2 is 1.00 bits per heavy atom. The van der Waals surface area contributed by atoms with E-state index in [9.17, 15) is 0 Å². The van der Waals surface area contributed by atoms with Gasteiger partial charge in [-0.1, -0.05) is 0 Å². The molecule has 0 rings (SSSR count). The zero-order valence-corrected chi connectivity index (χ0v) is 8.41. The van der Waals surface area contributed by atoms with Crippen molar-refractivity contribution in [3.8, 4) is 0 Å². The first-order chi connectivity index (χ1) is 2.00. The maximum absolute atomic E-state index is 7.33. The van der Waals surface area contributed by atoms with Gasteiger partial charge in [0.25, 0.3) is 0 Å². The van der Waals surface area contributed by atoms with E-state index in [0.717, 1.165) is 0 Å². The molecule has 0 aliphatic heterocycles. The molecule has 0 bridgehead atoms. The average Bonchev–Trinajstić information content (AvgIpc) is 0.722. The van der Waals surface area contributed by atoms with E-state index in [4.69, 9.17) is 19.2 Å². The number of hydrogen-bond donors (Lipinski definition) is 4. The van der Waals surface area contributed by atoms with Gasteiger partial charge in [-0.25, -0.2) is 0 Å². The summed E-state index contributed by atoms with van der Waals surface area (Å²) in [4.78, 5) is 29.3. The Morgan fingerprint density at radius 1 is 1.00 bits per heavy atom. The minimum absolute atomic E-state index is 0. The van der Waals surface area contributed by atoms with E-state index in [1.807, 2.05) is 0 Å². The maximum Gasteiger partial charge on any atom is 2.00 e. The SMILES string of the molecule is O.O[Si](O)(O)O.[AlH3].[Be+2].[Ca+2].[H-].[H-].[H-].[H-].[H-].[Li+]. The molecule has 0 aromatic carbocycles. The predicted octanol–water partition coefficient (Wildman–Crippen LogP) is -7.81. The molecule has 0 radical (unpaired) electrons. The van der Waals surface area contributed by atoms with Crippen LogP contribution in [-0.4, -0.2) is 98.9 Å². The van der Waals surface area contributed by atoms with Crippen molar-refractivity contribution in [2.45, 2.75) is 0 Å². The molecule has 0 saturated heterocycles. The minimum atomic E-state index is -4.61. The Bertz CT molecular complexity index is 50.9.